The zero-order valence-electron chi connectivity index (χ0n) is 14.3. The van der Waals surface area contributed by atoms with Crippen molar-refractivity contribution in [3.8, 4) is 17.3 Å². The molecule has 2 heterocycles. The van der Waals surface area contributed by atoms with Gasteiger partial charge in [0.1, 0.15) is 0 Å². The van der Waals surface area contributed by atoms with E-state index in [2.05, 4.69) is 20.6 Å². The van der Waals surface area contributed by atoms with Gasteiger partial charge in [-0.2, -0.15) is 14.9 Å². The van der Waals surface area contributed by atoms with Crippen LogP contribution in [-0.4, -0.2) is 25.7 Å². The van der Waals surface area contributed by atoms with Gasteiger partial charge in [-0.1, -0.05) is 29.8 Å². The van der Waals surface area contributed by atoms with Gasteiger partial charge in [0.15, 0.2) is 17.2 Å². The maximum absolute atomic E-state index is 12.6. The van der Waals surface area contributed by atoms with Crippen LogP contribution >= 0.6 is 11.6 Å². The maximum Gasteiger partial charge on any atom is 0.280 e. The second-order valence-corrected chi connectivity index (χ2v) is 6.32. The molecule has 0 fully saturated rings. The molecule has 0 aliphatic heterocycles. The van der Waals surface area contributed by atoms with Gasteiger partial charge >= 0.3 is 0 Å². The minimum atomic E-state index is -0.550. The van der Waals surface area contributed by atoms with E-state index in [1.807, 2.05) is 18.2 Å². The lowest BCUT2D eigenvalue weighted by Crippen LogP contribution is -2.19. The van der Waals surface area contributed by atoms with Crippen LogP contribution < -0.4 is 11.1 Å². The summed E-state index contributed by atoms with van der Waals surface area (Å²) in [6.07, 6.45) is 0. The highest BCUT2D eigenvalue weighted by atomic mass is 35.5. The molecule has 0 radical (unpaired) electrons. The number of benzene rings is 2. The minimum Gasteiger partial charge on any atom is -0.382 e. The van der Waals surface area contributed by atoms with Gasteiger partial charge in [-0.3, -0.25) is 4.79 Å². The lowest BCUT2D eigenvalue weighted by molar-refractivity contribution is 0.102. The molecule has 0 aliphatic rings. The van der Waals surface area contributed by atoms with Crippen molar-refractivity contribution in [1.29, 1.82) is 5.26 Å². The zero-order chi connectivity index (χ0) is 19.7. The largest absolute Gasteiger partial charge is 0.382 e. The molecular formula is C19H12ClN7O. The number of amides is 1. The van der Waals surface area contributed by atoms with Gasteiger partial charge in [0.2, 0.25) is 0 Å². The Morgan fingerprint density at radius 2 is 1.93 bits per heavy atom. The van der Waals surface area contributed by atoms with E-state index in [1.165, 1.54) is 4.52 Å². The minimum absolute atomic E-state index is 0.0548. The van der Waals surface area contributed by atoms with Gasteiger partial charge < -0.3 is 11.1 Å². The molecule has 1 amide bonds. The van der Waals surface area contributed by atoms with Crippen LogP contribution in [0.2, 0.25) is 5.02 Å². The van der Waals surface area contributed by atoms with Crippen LogP contribution in [0.25, 0.3) is 16.9 Å². The first-order valence-corrected chi connectivity index (χ1v) is 8.52. The number of nitrogen functional groups attached to an aromatic ring is 1. The summed E-state index contributed by atoms with van der Waals surface area (Å²) in [5.74, 6) is -0.496. The van der Waals surface area contributed by atoms with Crippen molar-refractivity contribution in [2.45, 2.75) is 0 Å². The van der Waals surface area contributed by atoms with Crippen molar-refractivity contribution in [1.82, 2.24) is 19.8 Å². The summed E-state index contributed by atoms with van der Waals surface area (Å²) in [5.41, 5.74) is 8.77. The maximum atomic E-state index is 12.6. The number of carbonyl (C=O) groups is 1. The Balaban J connectivity index is 1.68. The van der Waals surface area contributed by atoms with E-state index in [0.717, 1.165) is 5.56 Å². The molecule has 0 bridgehead atoms. The summed E-state index contributed by atoms with van der Waals surface area (Å²) in [4.78, 5) is 12.6. The fraction of sp³-hybridized carbons (Fsp3) is 0. The fourth-order valence-electron chi connectivity index (χ4n) is 2.65. The first-order valence-electron chi connectivity index (χ1n) is 8.14. The Morgan fingerprint density at radius 1 is 1.14 bits per heavy atom. The second-order valence-electron chi connectivity index (χ2n) is 5.89. The predicted molar refractivity (Wildman–Crippen MR) is 105 cm³/mol. The van der Waals surface area contributed by atoms with Gasteiger partial charge in [-0.25, -0.2) is 0 Å². The lowest BCUT2D eigenvalue weighted by atomic mass is 10.2. The third-order valence-corrected chi connectivity index (χ3v) is 4.27. The molecule has 0 atom stereocenters. The summed E-state index contributed by atoms with van der Waals surface area (Å²) < 4.78 is 1.36. The van der Waals surface area contributed by atoms with Crippen molar-refractivity contribution < 1.29 is 4.79 Å². The van der Waals surface area contributed by atoms with Gasteiger partial charge in [0, 0.05) is 22.3 Å². The molecule has 4 aromatic rings. The number of halogens is 1. The molecule has 0 aliphatic carbocycles. The lowest BCUT2D eigenvalue weighted by Gasteiger charge is -2.07. The van der Waals surface area contributed by atoms with Crippen LogP contribution in [0.3, 0.4) is 0 Å². The predicted octanol–water partition coefficient (Wildman–Crippen LogP) is 3.15. The molecule has 3 N–H and O–H groups in total. The van der Waals surface area contributed by atoms with E-state index in [1.54, 1.807) is 42.5 Å². The Bertz CT molecular complexity index is 1240. The van der Waals surface area contributed by atoms with Gasteiger partial charge in [0.25, 0.3) is 5.91 Å². The number of nitrogens with two attached hydrogens (primary N) is 1. The Labute approximate surface area is 164 Å². The SMILES string of the molecule is N#Cc1cccc(NC(=O)c2nnc3cc(-c4ccc(Cl)cc4)nn3c2N)c1. The fourth-order valence-corrected chi connectivity index (χ4v) is 2.78. The summed E-state index contributed by atoms with van der Waals surface area (Å²) in [5, 5.41) is 24.6. The number of rotatable bonds is 3. The average Bonchev–Trinajstić information content (AvgIpc) is 3.14. The molecular weight excluding hydrogens is 378 g/mol. The van der Waals surface area contributed by atoms with Crippen LogP contribution in [0, 0.1) is 11.3 Å². The summed E-state index contributed by atoms with van der Waals surface area (Å²) >= 11 is 5.91. The third kappa shape index (κ3) is 3.22. The Morgan fingerprint density at radius 3 is 2.68 bits per heavy atom. The highest BCUT2D eigenvalue weighted by Crippen LogP contribution is 2.23. The number of nitrogens with zero attached hydrogens (tertiary/aromatic N) is 5. The van der Waals surface area contributed by atoms with Crippen LogP contribution in [0.5, 0.6) is 0 Å². The third-order valence-electron chi connectivity index (χ3n) is 4.02. The van der Waals surface area contributed by atoms with Crippen molar-refractivity contribution in [2.24, 2.45) is 0 Å². The zero-order valence-corrected chi connectivity index (χ0v) is 15.1. The van der Waals surface area contributed by atoms with Crippen molar-refractivity contribution in [2.75, 3.05) is 11.1 Å². The van der Waals surface area contributed by atoms with E-state index in [9.17, 15) is 4.79 Å². The molecule has 0 unspecified atom stereocenters. The normalized spacial score (nSPS) is 10.6. The number of hydrogen-bond acceptors (Lipinski definition) is 6. The number of hydrogen-bond donors (Lipinski definition) is 2. The topological polar surface area (TPSA) is 122 Å². The number of carbonyl (C=O) groups excluding carboxylic acids is 1. The van der Waals surface area contributed by atoms with Gasteiger partial charge in [0.05, 0.1) is 17.3 Å². The van der Waals surface area contributed by atoms with Crippen molar-refractivity contribution >= 4 is 34.7 Å². The monoisotopic (exact) mass is 389 g/mol. The van der Waals surface area contributed by atoms with Crippen LogP contribution in [0.15, 0.2) is 54.6 Å². The number of aromatic nitrogens is 4. The molecule has 0 spiro atoms. The summed E-state index contributed by atoms with van der Waals surface area (Å²) in [6, 6.07) is 17.4. The number of nitriles is 1. The molecule has 2 aromatic carbocycles. The first kappa shape index (κ1) is 17.5. The summed E-state index contributed by atoms with van der Waals surface area (Å²) in [6.45, 7) is 0. The molecule has 4 rings (SSSR count). The molecule has 0 saturated carbocycles. The molecule has 0 saturated heterocycles. The Hall–Kier alpha value is -3.96. The number of fused-ring (bicyclic) bond motifs is 1. The molecule has 2 aromatic heterocycles. The van der Waals surface area contributed by atoms with Crippen molar-refractivity contribution in [3.05, 3.63) is 70.9 Å². The quantitative estimate of drug-likeness (QED) is 0.555. The van der Waals surface area contributed by atoms with Gasteiger partial charge in [-0.15, -0.1) is 10.2 Å². The number of nitrogens with one attached hydrogen (secondary N) is 1. The van der Waals surface area contributed by atoms with E-state index >= 15 is 0 Å². The number of anilines is 2. The highest BCUT2D eigenvalue weighted by Gasteiger charge is 2.18. The van der Waals surface area contributed by atoms with Crippen LogP contribution in [-0.2, 0) is 0 Å². The van der Waals surface area contributed by atoms with E-state index in [-0.39, 0.29) is 11.5 Å². The van der Waals surface area contributed by atoms with Crippen molar-refractivity contribution in [3.63, 3.8) is 0 Å². The molecule has 136 valence electrons. The average molecular weight is 390 g/mol. The standard InChI is InChI=1S/C19H12ClN7O/c20-13-6-4-12(5-7-13)15-9-16-24-25-17(18(22)27(16)26-15)19(28)23-14-3-1-2-11(8-14)10-21/h1-9H,22H2,(H,23,28). The first-order chi connectivity index (χ1) is 13.5. The second kappa shape index (κ2) is 6.98. The summed E-state index contributed by atoms with van der Waals surface area (Å²) in [7, 11) is 0. The van der Waals surface area contributed by atoms with Gasteiger partial charge in [-0.05, 0) is 30.3 Å². The van der Waals surface area contributed by atoms with E-state index in [0.29, 0.717) is 27.6 Å². The van der Waals surface area contributed by atoms with Crippen LogP contribution in [0.4, 0.5) is 11.5 Å². The van der Waals surface area contributed by atoms with E-state index in [4.69, 9.17) is 22.6 Å². The molecule has 9 heteroatoms. The van der Waals surface area contributed by atoms with Crippen LogP contribution in [0.1, 0.15) is 16.1 Å². The Kier molecular flexibility index (Phi) is 4.35. The molecule has 28 heavy (non-hydrogen) atoms. The highest BCUT2D eigenvalue weighted by molar-refractivity contribution is 6.30. The molecule has 8 nitrogen and oxygen atoms in total. The van der Waals surface area contributed by atoms with E-state index < -0.39 is 5.91 Å². The smallest absolute Gasteiger partial charge is 0.280 e.